The highest BCUT2D eigenvalue weighted by molar-refractivity contribution is 6.32. The van der Waals surface area contributed by atoms with E-state index in [2.05, 4.69) is 22.2 Å². The Morgan fingerprint density at radius 2 is 2.03 bits per heavy atom. The average molecular weight is 514 g/mol. The van der Waals surface area contributed by atoms with E-state index in [9.17, 15) is 4.39 Å². The molecular weight excluding hydrogens is 477 g/mol. The lowest BCUT2D eigenvalue weighted by atomic mass is 10.1. The zero-order valence-electron chi connectivity index (χ0n) is 20.9. The van der Waals surface area contributed by atoms with Crippen molar-refractivity contribution in [3.8, 4) is 0 Å². The minimum atomic E-state index is -0.595. The second-order valence-electron chi connectivity index (χ2n) is 8.22. The summed E-state index contributed by atoms with van der Waals surface area (Å²) >= 11 is 6.49. The molecule has 6 nitrogen and oxygen atoms in total. The number of nitrogens with one attached hydrogen (secondary N) is 1. The maximum absolute atomic E-state index is 15.0. The lowest BCUT2D eigenvalue weighted by molar-refractivity contribution is 0.315. The summed E-state index contributed by atoms with van der Waals surface area (Å²) in [5.74, 6) is 0.179. The lowest BCUT2D eigenvalue weighted by Gasteiger charge is -2.07. The highest BCUT2D eigenvalue weighted by Gasteiger charge is 2.20. The van der Waals surface area contributed by atoms with Crippen molar-refractivity contribution in [3.63, 3.8) is 0 Å². The first-order valence-corrected chi connectivity index (χ1v) is 12.7. The normalized spacial score (nSPS) is 16.6. The Kier molecular flexibility index (Phi) is 14.2. The highest BCUT2D eigenvalue weighted by Crippen LogP contribution is 2.26. The summed E-state index contributed by atoms with van der Waals surface area (Å²) in [4.78, 5) is 8.18. The van der Waals surface area contributed by atoms with Gasteiger partial charge in [0.1, 0.15) is 11.5 Å². The van der Waals surface area contributed by atoms with Crippen molar-refractivity contribution in [2.45, 2.75) is 45.1 Å². The van der Waals surface area contributed by atoms with E-state index in [1.54, 1.807) is 18.2 Å². The molecule has 194 valence electrons. The molecule has 1 heterocycles. The van der Waals surface area contributed by atoms with Crippen molar-refractivity contribution in [2.24, 2.45) is 21.5 Å². The third-order valence-electron chi connectivity index (χ3n) is 5.27. The van der Waals surface area contributed by atoms with E-state index in [1.807, 2.05) is 42.5 Å². The first-order chi connectivity index (χ1) is 17.5. The number of nitrogens with zero attached hydrogens (tertiary/aromatic N) is 2. The van der Waals surface area contributed by atoms with Crippen LogP contribution in [-0.4, -0.2) is 38.0 Å². The first-order valence-electron chi connectivity index (χ1n) is 12.3. The molecule has 1 aliphatic heterocycles. The van der Waals surface area contributed by atoms with Crippen LogP contribution >= 0.6 is 11.6 Å². The predicted octanol–water partition coefficient (Wildman–Crippen LogP) is 5.75. The van der Waals surface area contributed by atoms with E-state index in [-0.39, 0.29) is 16.6 Å². The molecule has 36 heavy (non-hydrogen) atoms. The Morgan fingerprint density at radius 1 is 1.22 bits per heavy atom. The van der Waals surface area contributed by atoms with Crippen molar-refractivity contribution in [1.29, 1.82) is 0 Å². The van der Waals surface area contributed by atoms with Gasteiger partial charge in [0, 0.05) is 18.2 Å². The van der Waals surface area contributed by atoms with Gasteiger partial charge < -0.3 is 21.5 Å². The van der Waals surface area contributed by atoms with Crippen molar-refractivity contribution in [1.82, 2.24) is 5.32 Å². The van der Waals surface area contributed by atoms with Gasteiger partial charge in [0.2, 0.25) is 0 Å². The number of benzene rings is 1. The van der Waals surface area contributed by atoms with Crippen LogP contribution in [-0.2, 0) is 4.74 Å². The van der Waals surface area contributed by atoms with Crippen LogP contribution < -0.4 is 16.8 Å². The molecule has 1 atom stereocenters. The maximum Gasteiger partial charge on any atom is 0.173 e. The first kappa shape index (κ1) is 29.2. The molecule has 1 aromatic rings. The summed E-state index contributed by atoms with van der Waals surface area (Å²) < 4.78 is 20.1. The zero-order chi connectivity index (χ0) is 26.0. The van der Waals surface area contributed by atoms with Gasteiger partial charge in [-0.05, 0) is 43.9 Å². The van der Waals surface area contributed by atoms with Gasteiger partial charge >= 0.3 is 0 Å². The molecular formula is C28H37ClFN5O. The molecule has 0 amide bonds. The molecule has 5 N–H and O–H groups in total. The zero-order valence-corrected chi connectivity index (χ0v) is 21.6. The molecule has 0 saturated heterocycles. The number of nitrogens with two attached hydrogens (primary N) is 2. The summed E-state index contributed by atoms with van der Waals surface area (Å²) in [6, 6.07) is 10.1. The predicted molar refractivity (Wildman–Crippen MR) is 150 cm³/mol. The number of aliphatic imine (C=N–C) groups is 2. The van der Waals surface area contributed by atoms with Crippen molar-refractivity contribution in [3.05, 3.63) is 88.5 Å². The number of amidine groups is 1. The van der Waals surface area contributed by atoms with Gasteiger partial charge in [0.15, 0.2) is 12.2 Å². The number of allylic oxidation sites excluding steroid dienone is 7. The third kappa shape index (κ3) is 12.1. The largest absolute Gasteiger partial charge is 0.483 e. The fraction of sp³-hybridized carbons (Fsp3) is 0.357. The molecule has 0 saturated carbocycles. The number of halogens is 2. The smallest absolute Gasteiger partial charge is 0.173 e. The Labute approximate surface area is 219 Å². The molecule has 8 heteroatoms. The molecule has 1 unspecified atom stereocenters. The average Bonchev–Trinajstić information content (AvgIpc) is 3.63. The minimum Gasteiger partial charge on any atom is -0.483 e. The van der Waals surface area contributed by atoms with Gasteiger partial charge in [-0.15, -0.1) is 0 Å². The quantitative estimate of drug-likeness (QED) is 0.113. The van der Waals surface area contributed by atoms with Gasteiger partial charge in [-0.25, -0.2) is 14.4 Å². The van der Waals surface area contributed by atoms with Crippen LogP contribution in [0.2, 0.25) is 0 Å². The SMILES string of the molecule is CCC(N)CCCCNC1=NC\1=C/C(Cl)=C(/C=C\C=C/c1ccccc1)C(\F)=C\N=C\OCCCN. The Morgan fingerprint density at radius 3 is 2.78 bits per heavy atom. The lowest BCUT2D eigenvalue weighted by Crippen LogP contribution is -2.20. The number of rotatable bonds is 16. The van der Waals surface area contributed by atoms with Crippen LogP contribution in [0, 0.1) is 0 Å². The van der Waals surface area contributed by atoms with E-state index in [4.69, 9.17) is 27.8 Å². The van der Waals surface area contributed by atoms with Crippen LogP contribution in [0.25, 0.3) is 6.08 Å². The summed E-state index contributed by atoms with van der Waals surface area (Å²) in [7, 11) is 0. The van der Waals surface area contributed by atoms with E-state index in [0.717, 1.165) is 49.8 Å². The Hall–Kier alpha value is -3.00. The number of hydrogen-bond donors (Lipinski definition) is 3. The van der Waals surface area contributed by atoms with Crippen molar-refractivity contribution < 1.29 is 9.13 Å². The summed E-state index contributed by atoms with van der Waals surface area (Å²) in [5.41, 5.74) is 13.3. The molecule has 1 aromatic carbocycles. The van der Waals surface area contributed by atoms with Crippen LogP contribution in [0.5, 0.6) is 0 Å². The monoisotopic (exact) mass is 513 g/mol. The summed E-state index contributed by atoms with van der Waals surface area (Å²) in [5, 5.41) is 3.49. The van der Waals surface area contributed by atoms with Gasteiger partial charge in [0.25, 0.3) is 0 Å². The molecule has 1 aliphatic rings. The molecule has 0 aliphatic carbocycles. The molecule has 0 bridgehead atoms. The van der Waals surface area contributed by atoms with Crippen LogP contribution in [0.3, 0.4) is 0 Å². The van der Waals surface area contributed by atoms with Gasteiger partial charge in [-0.3, -0.25) is 0 Å². The molecule has 0 radical (unpaired) electrons. The number of ether oxygens (including phenoxy) is 1. The number of hydrogen-bond acceptors (Lipinski definition) is 6. The van der Waals surface area contributed by atoms with Crippen LogP contribution in [0.4, 0.5) is 4.39 Å². The maximum atomic E-state index is 15.0. The van der Waals surface area contributed by atoms with Crippen LogP contribution in [0.15, 0.2) is 92.9 Å². The van der Waals surface area contributed by atoms with Gasteiger partial charge in [-0.2, -0.15) is 0 Å². The van der Waals surface area contributed by atoms with E-state index in [1.165, 1.54) is 6.40 Å². The van der Waals surface area contributed by atoms with E-state index in [0.29, 0.717) is 25.3 Å². The fourth-order valence-electron chi connectivity index (χ4n) is 3.05. The second kappa shape index (κ2) is 17.4. The molecule has 2 rings (SSSR count). The Balaban J connectivity index is 2.02. The van der Waals surface area contributed by atoms with Gasteiger partial charge in [0.05, 0.1) is 17.8 Å². The topological polar surface area (TPSA) is 98.0 Å². The fourth-order valence-corrected chi connectivity index (χ4v) is 3.30. The van der Waals surface area contributed by atoms with E-state index >= 15 is 0 Å². The molecule has 0 spiro atoms. The molecule has 0 aromatic heterocycles. The number of unbranched alkanes of at least 4 members (excludes halogenated alkanes) is 1. The van der Waals surface area contributed by atoms with E-state index < -0.39 is 5.83 Å². The van der Waals surface area contributed by atoms with Gasteiger partial charge in [-0.1, -0.05) is 79.6 Å². The van der Waals surface area contributed by atoms with Crippen molar-refractivity contribution in [2.75, 3.05) is 19.7 Å². The summed E-state index contributed by atoms with van der Waals surface area (Å²) in [6.07, 6.45) is 15.8. The summed E-state index contributed by atoms with van der Waals surface area (Å²) in [6.45, 7) is 3.84. The van der Waals surface area contributed by atoms with Crippen molar-refractivity contribution >= 4 is 29.9 Å². The second-order valence-corrected chi connectivity index (χ2v) is 8.62. The minimum absolute atomic E-state index is 0.191. The molecule has 0 fully saturated rings. The van der Waals surface area contributed by atoms with Crippen LogP contribution in [0.1, 0.15) is 44.6 Å². The standard InChI is InChI=1S/C28H37ClFN5O/c1-2-23(32)14-8-9-17-34-28-27(35-28)19-25(29)24(26(30)20-33-21-36-18-10-16-31)15-7-6-13-22-11-4-3-5-12-22/h3-7,11-13,15,19-21,23H,2,8-10,14,16-18,31-32H2,1H3,(H,34,35)/b13-6-,15-7-,25-24+,26-20-,27-19-,33-21+. The Bertz CT molecular complexity index is 1010. The highest BCUT2D eigenvalue weighted by atomic mass is 35.5. The third-order valence-corrected chi connectivity index (χ3v) is 5.59.